The number of amides is 2. The molecule has 1 saturated heterocycles. The molecule has 0 radical (unpaired) electrons. The van der Waals surface area contributed by atoms with Crippen molar-refractivity contribution < 1.29 is 9.90 Å². The van der Waals surface area contributed by atoms with Crippen molar-refractivity contribution in [3.63, 3.8) is 0 Å². The van der Waals surface area contributed by atoms with Crippen molar-refractivity contribution in [1.82, 2.24) is 9.80 Å². The largest absolute Gasteiger partial charge is 0.395 e. The second-order valence-corrected chi connectivity index (χ2v) is 6.26. The van der Waals surface area contributed by atoms with E-state index in [-0.39, 0.29) is 12.6 Å². The predicted octanol–water partition coefficient (Wildman–Crippen LogP) is 2.52. The summed E-state index contributed by atoms with van der Waals surface area (Å²) in [7, 11) is 1.85. The summed E-state index contributed by atoms with van der Waals surface area (Å²) in [5, 5.41) is 10.7. The number of rotatable bonds is 3. The Bertz CT molecular complexity index is 524. The summed E-state index contributed by atoms with van der Waals surface area (Å²) < 4.78 is 0. The molecule has 1 aromatic rings. The minimum atomic E-state index is 0.0943. The molecule has 0 aromatic carbocycles. The Kier molecular flexibility index (Phi) is 6.09. The second-order valence-electron chi connectivity index (χ2n) is 5.26. The van der Waals surface area contributed by atoms with E-state index in [1.807, 2.05) is 23.4 Å². The minimum Gasteiger partial charge on any atom is -0.395 e. The highest BCUT2D eigenvalue weighted by atomic mass is 32.1. The zero-order valence-corrected chi connectivity index (χ0v) is 13.3. The van der Waals surface area contributed by atoms with Gasteiger partial charge in [-0.05, 0) is 25.3 Å². The van der Waals surface area contributed by atoms with Crippen LogP contribution in [0.3, 0.4) is 0 Å². The summed E-state index contributed by atoms with van der Waals surface area (Å²) in [5.41, 5.74) is 0.960. The quantitative estimate of drug-likeness (QED) is 0.872. The normalized spacial score (nSPS) is 14.5. The Morgan fingerprint density at radius 1 is 1.43 bits per heavy atom. The number of hydrogen-bond donors (Lipinski definition) is 1. The van der Waals surface area contributed by atoms with Gasteiger partial charge >= 0.3 is 6.03 Å². The Morgan fingerprint density at radius 2 is 2.19 bits per heavy atom. The summed E-state index contributed by atoms with van der Waals surface area (Å²) in [4.78, 5) is 17.2. The van der Waals surface area contributed by atoms with Gasteiger partial charge < -0.3 is 14.9 Å². The molecule has 2 amide bonds. The third-order valence-electron chi connectivity index (χ3n) is 3.47. The molecular weight excluding hydrogens is 284 g/mol. The summed E-state index contributed by atoms with van der Waals surface area (Å²) in [6, 6.07) is 2.14. The van der Waals surface area contributed by atoms with E-state index in [0.717, 1.165) is 36.4 Å². The smallest absolute Gasteiger partial charge is 0.320 e. The highest BCUT2D eigenvalue weighted by Crippen LogP contribution is 2.17. The van der Waals surface area contributed by atoms with Crippen LogP contribution in [0.15, 0.2) is 11.4 Å². The van der Waals surface area contributed by atoms with Crippen molar-refractivity contribution in [2.75, 3.05) is 26.7 Å². The van der Waals surface area contributed by atoms with Crippen molar-refractivity contribution in [2.45, 2.75) is 32.2 Å². The summed E-state index contributed by atoms with van der Waals surface area (Å²) in [6.07, 6.45) is 3.96. The van der Waals surface area contributed by atoms with E-state index in [1.165, 1.54) is 6.42 Å². The first-order chi connectivity index (χ1) is 10.2. The first kappa shape index (κ1) is 15.9. The zero-order valence-electron chi connectivity index (χ0n) is 12.5. The number of likely N-dealkylation sites (tertiary alicyclic amines) is 1. The lowest BCUT2D eigenvalue weighted by molar-refractivity contribution is 0.151. The number of carbonyl (C=O) groups is 1. The molecule has 1 aromatic heterocycles. The molecule has 0 bridgehead atoms. The fourth-order valence-corrected chi connectivity index (χ4v) is 3.25. The van der Waals surface area contributed by atoms with Gasteiger partial charge in [0, 0.05) is 42.4 Å². The summed E-state index contributed by atoms with van der Waals surface area (Å²) in [5.74, 6) is 5.93. The fraction of sp³-hybridized carbons (Fsp3) is 0.562. The maximum absolute atomic E-state index is 12.3. The number of carbonyl (C=O) groups excluding carboxylic acids is 1. The Hall–Kier alpha value is -1.51. The molecule has 4 nitrogen and oxygen atoms in total. The Morgan fingerprint density at radius 3 is 2.90 bits per heavy atom. The van der Waals surface area contributed by atoms with Crippen LogP contribution < -0.4 is 0 Å². The van der Waals surface area contributed by atoms with E-state index in [4.69, 9.17) is 5.11 Å². The number of hydrogen-bond acceptors (Lipinski definition) is 3. The molecule has 1 aliphatic heterocycles. The number of nitrogens with zero attached hydrogens (tertiary/aromatic N) is 2. The topological polar surface area (TPSA) is 43.8 Å². The standard InChI is InChI=1S/C16H22N2O2S/c1-17(16(20)18-8-4-2-5-9-18)12-15-11-14(13-21-15)7-3-6-10-19/h11,13,19H,2,4-6,8-10,12H2,1H3. The SMILES string of the molecule is CN(Cc1cc(C#CCCO)cs1)C(=O)N1CCCCC1. The van der Waals surface area contributed by atoms with Crippen molar-refractivity contribution >= 4 is 17.4 Å². The van der Waals surface area contributed by atoms with Crippen molar-refractivity contribution in [3.8, 4) is 11.8 Å². The van der Waals surface area contributed by atoms with Crippen LogP contribution in [0.25, 0.3) is 0 Å². The van der Waals surface area contributed by atoms with Gasteiger partial charge in [-0.1, -0.05) is 11.8 Å². The molecule has 114 valence electrons. The average Bonchev–Trinajstić information content (AvgIpc) is 2.95. The second kappa shape index (κ2) is 8.06. The van der Waals surface area contributed by atoms with E-state index in [9.17, 15) is 4.79 Å². The molecule has 2 rings (SSSR count). The summed E-state index contributed by atoms with van der Waals surface area (Å²) >= 11 is 1.62. The van der Waals surface area contributed by atoms with Crippen LogP contribution in [0, 0.1) is 11.8 Å². The van der Waals surface area contributed by atoms with E-state index >= 15 is 0 Å². The van der Waals surface area contributed by atoms with E-state index in [2.05, 4.69) is 11.8 Å². The van der Waals surface area contributed by atoms with E-state index in [0.29, 0.717) is 13.0 Å². The Balaban J connectivity index is 1.88. The van der Waals surface area contributed by atoms with Gasteiger partial charge in [0.1, 0.15) is 0 Å². The molecule has 2 heterocycles. The van der Waals surface area contributed by atoms with Crippen LogP contribution in [0.1, 0.15) is 36.1 Å². The highest BCUT2D eigenvalue weighted by molar-refractivity contribution is 7.10. The lowest BCUT2D eigenvalue weighted by Crippen LogP contribution is -2.43. The lowest BCUT2D eigenvalue weighted by atomic mass is 10.1. The van der Waals surface area contributed by atoms with Crippen molar-refractivity contribution in [3.05, 3.63) is 21.9 Å². The van der Waals surface area contributed by atoms with Gasteiger partial charge in [0.15, 0.2) is 0 Å². The lowest BCUT2D eigenvalue weighted by Gasteiger charge is -2.30. The maximum atomic E-state index is 12.3. The van der Waals surface area contributed by atoms with Gasteiger partial charge in [0.25, 0.3) is 0 Å². The van der Waals surface area contributed by atoms with E-state index < -0.39 is 0 Å². The van der Waals surface area contributed by atoms with Gasteiger partial charge in [-0.2, -0.15) is 0 Å². The number of urea groups is 1. The first-order valence-electron chi connectivity index (χ1n) is 7.38. The molecule has 0 aliphatic carbocycles. The number of aliphatic hydroxyl groups excluding tert-OH is 1. The molecule has 0 saturated carbocycles. The number of piperidine rings is 1. The molecule has 1 N–H and O–H groups in total. The average molecular weight is 306 g/mol. The Labute approximate surface area is 130 Å². The van der Waals surface area contributed by atoms with Crippen LogP contribution in [0.2, 0.25) is 0 Å². The van der Waals surface area contributed by atoms with Gasteiger partial charge in [-0.15, -0.1) is 11.3 Å². The third-order valence-corrected chi connectivity index (χ3v) is 4.39. The van der Waals surface area contributed by atoms with Crippen LogP contribution in [-0.2, 0) is 6.54 Å². The molecule has 0 spiro atoms. The third kappa shape index (κ3) is 4.76. The van der Waals surface area contributed by atoms with Gasteiger partial charge in [0.2, 0.25) is 0 Å². The van der Waals surface area contributed by atoms with Crippen LogP contribution >= 0.6 is 11.3 Å². The molecule has 0 unspecified atom stereocenters. The monoisotopic (exact) mass is 306 g/mol. The van der Waals surface area contributed by atoms with Crippen LogP contribution in [0.4, 0.5) is 4.79 Å². The zero-order chi connectivity index (χ0) is 15.1. The molecule has 1 fully saturated rings. The first-order valence-corrected chi connectivity index (χ1v) is 8.26. The number of thiophene rings is 1. The van der Waals surface area contributed by atoms with Crippen molar-refractivity contribution in [2.24, 2.45) is 0 Å². The van der Waals surface area contributed by atoms with Crippen LogP contribution in [0.5, 0.6) is 0 Å². The van der Waals surface area contributed by atoms with Gasteiger partial charge in [-0.3, -0.25) is 0 Å². The number of aliphatic hydroxyl groups is 1. The fourth-order valence-electron chi connectivity index (χ4n) is 2.38. The van der Waals surface area contributed by atoms with Crippen molar-refractivity contribution in [1.29, 1.82) is 0 Å². The molecule has 5 heteroatoms. The van der Waals surface area contributed by atoms with Gasteiger partial charge in [0.05, 0.1) is 13.2 Å². The molecule has 0 atom stereocenters. The molecular formula is C16H22N2O2S. The minimum absolute atomic E-state index is 0.0943. The molecule has 21 heavy (non-hydrogen) atoms. The van der Waals surface area contributed by atoms with E-state index in [1.54, 1.807) is 16.2 Å². The van der Waals surface area contributed by atoms with Gasteiger partial charge in [-0.25, -0.2) is 4.79 Å². The van der Waals surface area contributed by atoms with Crippen LogP contribution in [-0.4, -0.2) is 47.7 Å². The highest BCUT2D eigenvalue weighted by Gasteiger charge is 2.20. The summed E-state index contributed by atoms with van der Waals surface area (Å²) in [6.45, 7) is 2.48. The predicted molar refractivity (Wildman–Crippen MR) is 85.2 cm³/mol. The maximum Gasteiger partial charge on any atom is 0.320 e. The molecule has 1 aliphatic rings.